The maximum absolute atomic E-state index is 12.7. The van der Waals surface area contributed by atoms with Crippen LogP contribution in [0.4, 0.5) is 30.0 Å². The molecular weight excluding hydrogens is 2030 g/mol. The summed E-state index contributed by atoms with van der Waals surface area (Å²) in [6.45, 7) is 23.5. The summed E-state index contributed by atoms with van der Waals surface area (Å²) in [7, 11) is 10.9. The summed E-state index contributed by atoms with van der Waals surface area (Å²) in [5.41, 5.74) is 3.52. The number of hydrogen-bond donors (Lipinski definition) is 6. The van der Waals surface area contributed by atoms with Crippen molar-refractivity contribution in [2.75, 3.05) is 92.4 Å². The number of aromatic carboxylic acids is 1. The Bertz CT molecular complexity index is 8550. The summed E-state index contributed by atoms with van der Waals surface area (Å²) >= 11 is 7.70. The summed E-state index contributed by atoms with van der Waals surface area (Å²) in [4.78, 5) is 141. The van der Waals surface area contributed by atoms with Gasteiger partial charge in [0.1, 0.15) is 104 Å². The molecule has 147 heavy (non-hydrogen) atoms. The minimum atomic E-state index is -3.79. The van der Waals surface area contributed by atoms with E-state index in [1.54, 1.807) is 175 Å². The van der Waals surface area contributed by atoms with Crippen LogP contribution >= 0.6 is 68.0 Å². The van der Waals surface area contributed by atoms with E-state index in [1.807, 2.05) is 13.1 Å². The van der Waals surface area contributed by atoms with Crippen LogP contribution < -0.4 is 76.8 Å². The van der Waals surface area contributed by atoms with Gasteiger partial charge >= 0.3 is 39.7 Å². The number of ether oxygens (including phenoxy) is 3. The van der Waals surface area contributed by atoms with E-state index in [1.165, 1.54) is 152 Å². The molecule has 5 aromatic carbocycles. The molecule has 4 amide bonds. The molecule has 34 nitrogen and oxygen atoms in total. The molecule has 12 aromatic heterocycles. The highest BCUT2D eigenvalue weighted by atomic mass is 32.2. The molecule has 41 heteroatoms. The monoisotopic (exact) mass is 2120 g/mol. The van der Waals surface area contributed by atoms with Crippen molar-refractivity contribution < 1.29 is 104 Å². The van der Waals surface area contributed by atoms with Crippen LogP contribution in [0.2, 0.25) is 0 Å². The summed E-state index contributed by atoms with van der Waals surface area (Å²) < 4.78 is 76.8. The maximum atomic E-state index is 12.7. The summed E-state index contributed by atoms with van der Waals surface area (Å²) in [5, 5.41) is 60.0. The number of fused-ring (bicyclic) bond motifs is 6. The number of carboxylic acid groups (broad SMARTS) is 1. The van der Waals surface area contributed by atoms with E-state index < -0.39 is 55.3 Å². The lowest BCUT2D eigenvalue weighted by Crippen LogP contribution is -2.33. The summed E-state index contributed by atoms with van der Waals surface area (Å²) in [6.07, 6.45) is 5.30. The number of rotatable bonds is 23. The Morgan fingerprint density at radius 1 is 0.354 bits per heavy atom. The molecule has 1 aliphatic carbocycles. The number of methoxy groups -OCH3 is 3. The lowest BCUT2D eigenvalue weighted by Gasteiger charge is -2.25. The van der Waals surface area contributed by atoms with Gasteiger partial charge in [0, 0.05) is 102 Å². The highest BCUT2D eigenvalue weighted by molar-refractivity contribution is 7.93. The average Bonchev–Trinajstić information content (AvgIpc) is 1.64. The van der Waals surface area contributed by atoms with Crippen molar-refractivity contribution in [3.05, 3.63) is 356 Å². The van der Waals surface area contributed by atoms with E-state index >= 15 is 0 Å². The smallest absolute Gasteiger partial charge is 0.351 e. The third-order valence-electron chi connectivity index (χ3n) is 22.8. The molecule has 0 saturated heterocycles. The number of nitrogens with zero attached hydrogens (tertiary/aromatic N) is 6. The molecule has 18 rings (SSSR count). The number of carbonyl (C=O) groups is 5. The Balaban J connectivity index is 0.000000147. The SMILES string of the molecule is C=C(O)c1cc2sc(N(C)C(=O)C3CCCCC3)cc2oc1=O.C=C(O)c1cc2sc(N(C)C(=O)c3ccc(OC)cc3)cc2oc1=O.C=C(O)c1cc2sc(N(C)C(=O)c3cccc(OC)c3)cc2oc1=O.C=C(O)c1cc2sc(N(C)C(=O)c3ccccc3OC)cc2oc1=O.C=C(O)c1cc2sc(N(C)Cc3cc(C)cc(C)c3)cc2oc1=O.Cc1cccc(S(=O)(=O)N(C)c2cc3oc(=O)c(C(=O)O)cc3s2)c1. The van der Waals surface area contributed by atoms with Gasteiger partial charge in [0.25, 0.3) is 27.7 Å². The Labute approximate surface area is 861 Å². The highest BCUT2D eigenvalue weighted by Gasteiger charge is 2.30. The molecule has 17 aromatic rings. The van der Waals surface area contributed by atoms with Crippen molar-refractivity contribution in [3.63, 3.8) is 0 Å². The van der Waals surface area contributed by atoms with Crippen LogP contribution in [0.25, 0.3) is 90.5 Å². The zero-order chi connectivity index (χ0) is 107. The zero-order valence-corrected chi connectivity index (χ0v) is 86.7. The number of sulfonamides is 1. The van der Waals surface area contributed by atoms with Gasteiger partial charge in [0.05, 0.1) is 65.0 Å². The van der Waals surface area contributed by atoms with Gasteiger partial charge in [0.15, 0.2) is 33.5 Å². The van der Waals surface area contributed by atoms with Crippen molar-refractivity contribution in [3.8, 4) is 17.2 Å². The minimum absolute atomic E-state index is 0.000363. The fourth-order valence-corrected chi connectivity index (χ4v) is 22.5. The van der Waals surface area contributed by atoms with Gasteiger partial charge in [0.2, 0.25) is 5.91 Å². The normalized spacial score (nSPS) is 11.6. The molecule has 760 valence electrons. The molecule has 6 N–H and O–H groups in total. The van der Waals surface area contributed by atoms with Gasteiger partial charge in [-0.25, -0.2) is 42.0 Å². The number of aliphatic hydroxyl groups is 5. The van der Waals surface area contributed by atoms with Crippen LogP contribution in [0, 0.1) is 26.7 Å². The molecule has 0 bridgehead atoms. The van der Waals surface area contributed by atoms with E-state index in [4.69, 9.17) is 45.8 Å². The van der Waals surface area contributed by atoms with Gasteiger partial charge in [-0.15, -0.1) is 68.0 Å². The number of aliphatic hydroxyl groups excluding tert-OH is 5. The second-order valence-electron chi connectivity index (χ2n) is 33.2. The third-order valence-corrected chi connectivity index (χ3v) is 31.6. The number of anilines is 6. The molecule has 0 atom stereocenters. The largest absolute Gasteiger partial charge is 0.508 e. The zero-order valence-electron chi connectivity index (χ0n) is 81.0. The standard InChI is InChI=1S/C19H19NO3S.3C18H15NO5S.C17H19NO4S.C16H13NO6S2/c1-11-5-12(2)7-14(6-11)10-20(4)18-9-16-17(24-18)8-15(13(3)21)19(22)23-16;1-10(20)13-8-15-14(24-18(13)22)9-16(25-15)19(2)17(21)11-4-6-12(23-3)7-5-11;1-10(20)13-8-15-14(24-18(13)22)9-16(25-15)19(2)17(21)11-5-4-6-12(7-11)23-3;1-10(20)12-8-15-14(24-18(12)22)9-16(25-15)19(2)17(21)11-6-4-5-7-13(11)23-3;1-10(19)12-8-14-13(22-17(12)21)9-15(23-14)18(2)16(20)11-6-4-3-5-7-11;1-9-4-3-5-10(6-9)25(21,22)17(2)14-8-12-13(24-14)7-11(15(18)19)16(20)23-12/h5-9,21H,3,10H2,1-2,4H3;3*4-9,20H,1H2,2-3H3;8-9,11,19H,1,3-7H2,2H3;3-8H,1-2H3,(H,18,19). The summed E-state index contributed by atoms with van der Waals surface area (Å²) in [6, 6.07) is 52.2. The number of amides is 4. The molecular formula is C106H96N6O28S7. The maximum Gasteiger partial charge on any atom is 0.351 e. The first-order chi connectivity index (χ1) is 69.7. The van der Waals surface area contributed by atoms with E-state index in [-0.39, 0.29) is 96.6 Å². The lowest BCUT2D eigenvalue weighted by molar-refractivity contribution is -0.123. The first-order valence-corrected chi connectivity index (χ1v) is 50.5. The number of carbonyl (C=O) groups excluding carboxylic acids is 4. The van der Waals surface area contributed by atoms with Crippen LogP contribution in [-0.4, -0.2) is 132 Å². The molecule has 0 spiro atoms. The van der Waals surface area contributed by atoms with Gasteiger partial charge in [-0.1, -0.05) is 112 Å². The predicted molar refractivity (Wildman–Crippen MR) is 579 cm³/mol. The predicted octanol–water partition coefficient (Wildman–Crippen LogP) is 22.3. The van der Waals surface area contributed by atoms with Crippen molar-refractivity contribution in [2.45, 2.75) is 64.3 Å². The van der Waals surface area contributed by atoms with Gasteiger partial charge in [-0.3, -0.25) is 23.5 Å². The van der Waals surface area contributed by atoms with E-state index in [9.17, 15) is 86.7 Å². The van der Waals surface area contributed by atoms with Crippen LogP contribution in [0.3, 0.4) is 0 Å². The molecule has 1 aliphatic rings. The van der Waals surface area contributed by atoms with Crippen LogP contribution in [0.15, 0.2) is 281 Å². The fraction of sp³-hybridized carbons (Fsp3) is 0.179. The first-order valence-electron chi connectivity index (χ1n) is 44.2. The molecule has 0 radical (unpaired) electrons. The molecule has 1 saturated carbocycles. The van der Waals surface area contributed by atoms with E-state index in [0.717, 1.165) is 68.1 Å². The number of benzene rings is 5. The van der Waals surface area contributed by atoms with Gasteiger partial charge in [-0.05, 0) is 148 Å². The molecule has 1 fully saturated rings. The number of aryl methyl sites for hydroxylation is 3. The summed E-state index contributed by atoms with van der Waals surface area (Å²) in [5.74, 6) is -1.80. The number of carboxylic acids is 1. The number of hydrogen-bond acceptors (Lipinski definition) is 34. The van der Waals surface area contributed by atoms with Gasteiger partial charge < -0.3 is 95.9 Å². The van der Waals surface area contributed by atoms with Crippen molar-refractivity contribution in [2.24, 2.45) is 5.92 Å². The highest BCUT2D eigenvalue weighted by Crippen LogP contribution is 2.42. The quantitative estimate of drug-likeness (QED) is 0.0324. The van der Waals surface area contributed by atoms with Crippen LogP contribution in [0.5, 0.6) is 17.2 Å². The number of thiophene rings is 6. The van der Waals surface area contributed by atoms with E-state index in [2.05, 4.69) is 69.8 Å². The van der Waals surface area contributed by atoms with Crippen LogP contribution in [-0.2, 0) is 21.4 Å². The van der Waals surface area contributed by atoms with Crippen molar-refractivity contribution >= 4 is 228 Å². The Hall–Kier alpha value is -16.4. The van der Waals surface area contributed by atoms with Crippen molar-refractivity contribution in [1.82, 2.24) is 0 Å². The van der Waals surface area contributed by atoms with Crippen LogP contribution in [0.1, 0.15) is 124 Å². The average molecular weight is 2130 g/mol. The topological polar surface area (TPSA) is 469 Å². The molecule has 0 unspecified atom stereocenters. The van der Waals surface area contributed by atoms with Gasteiger partial charge in [-0.2, -0.15) is 0 Å². The fourth-order valence-electron chi connectivity index (χ4n) is 15.0. The Morgan fingerprint density at radius 3 is 1.12 bits per heavy atom. The Kier molecular flexibility index (Phi) is 33.8. The minimum Gasteiger partial charge on any atom is -0.508 e. The first kappa shape index (κ1) is 108. The van der Waals surface area contributed by atoms with E-state index in [0.29, 0.717) is 105 Å². The number of para-hydroxylation sites is 1. The third kappa shape index (κ3) is 25.0. The van der Waals surface area contributed by atoms with Crippen molar-refractivity contribution in [1.29, 1.82) is 0 Å². The molecule has 0 aliphatic heterocycles. The lowest BCUT2D eigenvalue weighted by atomic mass is 9.88. The second kappa shape index (κ2) is 46.1. The second-order valence-corrected chi connectivity index (χ2v) is 41.6. The molecule has 12 heterocycles. The Morgan fingerprint density at radius 2 is 0.714 bits per heavy atom.